The predicted molar refractivity (Wildman–Crippen MR) is 136 cm³/mol. The number of methoxy groups -OCH3 is 1. The molecular weight excluding hydrogens is 505 g/mol. The number of hydrogen-bond acceptors (Lipinski definition) is 7. The van der Waals surface area contributed by atoms with Crippen molar-refractivity contribution in [3.8, 4) is 5.75 Å². The number of halogens is 2. The molecule has 1 fully saturated rings. The number of nitrogens with zero attached hydrogens (tertiary/aromatic N) is 3. The Bertz CT molecular complexity index is 1550. The Morgan fingerprint density at radius 2 is 1.89 bits per heavy atom. The van der Waals surface area contributed by atoms with Gasteiger partial charge >= 0.3 is 5.91 Å². The number of rotatable bonds is 4. The Hall–Kier alpha value is -3.82. The molecule has 1 amide bonds. The van der Waals surface area contributed by atoms with Gasteiger partial charge in [0.25, 0.3) is 5.78 Å². The molecule has 1 N–H and O–H groups in total. The van der Waals surface area contributed by atoms with Crippen LogP contribution in [0.25, 0.3) is 16.0 Å². The number of carbonyl (C=O) groups is 2. The molecule has 10 heteroatoms. The maximum atomic E-state index is 14.1. The van der Waals surface area contributed by atoms with E-state index in [1.54, 1.807) is 18.2 Å². The number of aromatic nitrogens is 2. The number of amides is 1. The summed E-state index contributed by atoms with van der Waals surface area (Å²) in [5, 5.41) is 11.5. The molecule has 182 valence electrons. The molecule has 0 radical (unpaired) electrons. The lowest BCUT2D eigenvalue weighted by molar-refractivity contribution is -0.132. The number of Topliss-reactive ketones (excluding diaryl/α,β-unsaturated/α-hetero) is 1. The highest BCUT2D eigenvalue weighted by atomic mass is 35.5. The standard InChI is InChI=1S/C26H19ClFN3O4S/c1-12-8-13(2)24(35-3)15(9-12)22(32)20-21(14-4-6-29-7-5-14)31(25(34)23(20)33)26-30-18-10-16(27)17(28)11-19(18)36-26/h4-11,21,32H,1-3H3/b22-20+. The van der Waals surface area contributed by atoms with Crippen molar-refractivity contribution in [1.29, 1.82) is 0 Å². The van der Waals surface area contributed by atoms with Crippen LogP contribution in [0.4, 0.5) is 9.52 Å². The lowest BCUT2D eigenvalue weighted by Crippen LogP contribution is -2.29. The number of hydrogen-bond donors (Lipinski definition) is 1. The Labute approximate surface area is 214 Å². The van der Waals surface area contributed by atoms with Crippen LogP contribution in [0.3, 0.4) is 0 Å². The molecule has 2 aromatic carbocycles. The van der Waals surface area contributed by atoms with E-state index in [0.29, 0.717) is 27.1 Å². The number of carbonyl (C=O) groups excluding carboxylic acids is 2. The van der Waals surface area contributed by atoms with Gasteiger partial charge in [-0.25, -0.2) is 9.37 Å². The Balaban J connectivity index is 1.77. The summed E-state index contributed by atoms with van der Waals surface area (Å²) in [6.07, 6.45) is 3.06. The molecule has 36 heavy (non-hydrogen) atoms. The van der Waals surface area contributed by atoms with Crippen molar-refractivity contribution >= 4 is 55.7 Å². The number of aryl methyl sites for hydroxylation is 2. The van der Waals surface area contributed by atoms with Gasteiger partial charge < -0.3 is 9.84 Å². The Morgan fingerprint density at radius 3 is 2.58 bits per heavy atom. The molecule has 1 unspecified atom stereocenters. The van der Waals surface area contributed by atoms with Crippen molar-refractivity contribution in [3.63, 3.8) is 0 Å². The van der Waals surface area contributed by atoms with E-state index in [4.69, 9.17) is 16.3 Å². The third-order valence-electron chi connectivity index (χ3n) is 5.97. The van der Waals surface area contributed by atoms with Crippen LogP contribution in [0.1, 0.15) is 28.3 Å². The fourth-order valence-corrected chi connectivity index (χ4v) is 5.61. The quantitative estimate of drug-likeness (QED) is 0.208. The zero-order valence-electron chi connectivity index (χ0n) is 19.4. The number of pyridine rings is 1. The molecule has 0 saturated carbocycles. The molecule has 4 aromatic rings. The summed E-state index contributed by atoms with van der Waals surface area (Å²) in [5.41, 5.74) is 2.71. The smallest absolute Gasteiger partial charge is 0.301 e. The van der Waals surface area contributed by atoms with E-state index < -0.39 is 23.5 Å². The van der Waals surface area contributed by atoms with Gasteiger partial charge in [0.2, 0.25) is 0 Å². The second kappa shape index (κ2) is 9.00. The lowest BCUT2D eigenvalue weighted by atomic mass is 9.94. The molecule has 1 saturated heterocycles. The summed E-state index contributed by atoms with van der Waals surface area (Å²) in [7, 11) is 1.47. The summed E-state index contributed by atoms with van der Waals surface area (Å²) >= 11 is 6.96. The molecule has 0 spiro atoms. The molecule has 1 aliphatic rings. The number of ether oxygens (including phenoxy) is 1. The van der Waals surface area contributed by atoms with E-state index in [2.05, 4.69) is 9.97 Å². The van der Waals surface area contributed by atoms with Gasteiger partial charge in [0.15, 0.2) is 5.13 Å². The molecule has 1 aliphatic heterocycles. The first-order valence-electron chi connectivity index (χ1n) is 10.8. The van der Waals surface area contributed by atoms with Crippen molar-refractivity contribution in [1.82, 2.24) is 9.97 Å². The van der Waals surface area contributed by atoms with E-state index in [9.17, 15) is 19.1 Å². The molecular formula is C26H19ClFN3O4S. The van der Waals surface area contributed by atoms with Gasteiger partial charge in [0, 0.05) is 12.4 Å². The van der Waals surface area contributed by atoms with Crippen LogP contribution in [-0.4, -0.2) is 33.9 Å². The lowest BCUT2D eigenvalue weighted by Gasteiger charge is -2.23. The van der Waals surface area contributed by atoms with Gasteiger partial charge in [-0.05, 0) is 60.9 Å². The normalized spacial score (nSPS) is 17.2. The molecule has 0 aliphatic carbocycles. The summed E-state index contributed by atoms with van der Waals surface area (Å²) in [6, 6.07) is 8.49. The summed E-state index contributed by atoms with van der Waals surface area (Å²) in [4.78, 5) is 36.5. The Morgan fingerprint density at radius 1 is 1.17 bits per heavy atom. The fourth-order valence-electron chi connectivity index (χ4n) is 4.45. The van der Waals surface area contributed by atoms with Crippen LogP contribution in [0.2, 0.25) is 5.02 Å². The van der Waals surface area contributed by atoms with E-state index >= 15 is 0 Å². The van der Waals surface area contributed by atoms with Crippen LogP contribution in [0.5, 0.6) is 5.75 Å². The van der Waals surface area contributed by atoms with E-state index in [-0.39, 0.29) is 21.5 Å². The summed E-state index contributed by atoms with van der Waals surface area (Å²) in [6.45, 7) is 3.68. The average molecular weight is 524 g/mol. The van der Waals surface area contributed by atoms with Crippen molar-refractivity contribution in [3.05, 3.63) is 87.5 Å². The zero-order valence-corrected chi connectivity index (χ0v) is 20.9. The minimum atomic E-state index is -1.00. The topological polar surface area (TPSA) is 92.6 Å². The zero-order chi connectivity index (χ0) is 25.7. The highest BCUT2D eigenvalue weighted by Crippen LogP contribution is 2.45. The number of aliphatic hydroxyl groups is 1. The van der Waals surface area contributed by atoms with Crippen LogP contribution < -0.4 is 9.64 Å². The average Bonchev–Trinajstić information content (AvgIpc) is 3.36. The molecule has 1 atom stereocenters. The monoisotopic (exact) mass is 523 g/mol. The third kappa shape index (κ3) is 3.81. The first kappa shape index (κ1) is 23.9. The number of anilines is 1. The molecule has 2 aromatic heterocycles. The highest BCUT2D eigenvalue weighted by Gasteiger charge is 2.48. The highest BCUT2D eigenvalue weighted by molar-refractivity contribution is 7.22. The minimum Gasteiger partial charge on any atom is -0.507 e. The summed E-state index contributed by atoms with van der Waals surface area (Å²) in [5.74, 6) is -2.33. The van der Waals surface area contributed by atoms with E-state index in [1.165, 1.54) is 36.5 Å². The van der Waals surface area contributed by atoms with Crippen LogP contribution in [-0.2, 0) is 9.59 Å². The van der Waals surface area contributed by atoms with E-state index in [0.717, 1.165) is 22.5 Å². The van der Waals surface area contributed by atoms with Crippen LogP contribution >= 0.6 is 22.9 Å². The van der Waals surface area contributed by atoms with Crippen LogP contribution in [0.15, 0.2) is 54.4 Å². The van der Waals surface area contributed by atoms with Crippen molar-refractivity contribution in [2.75, 3.05) is 12.0 Å². The molecule has 3 heterocycles. The fraction of sp³-hybridized carbons (Fsp3) is 0.154. The maximum Gasteiger partial charge on any atom is 0.301 e. The van der Waals surface area contributed by atoms with Crippen molar-refractivity contribution < 1.29 is 23.8 Å². The predicted octanol–water partition coefficient (Wildman–Crippen LogP) is 5.74. The second-order valence-corrected chi connectivity index (χ2v) is 9.76. The van der Waals surface area contributed by atoms with Crippen molar-refractivity contribution in [2.45, 2.75) is 19.9 Å². The largest absolute Gasteiger partial charge is 0.507 e. The first-order valence-corrected chi connectivity index (χ1v) is 12.0. The van der Waals surface area contributed by atoms with Crippen molar-refractivity contribution in [2.24, 2.45) is 0 Å². The third-order valence-corrected chi connectivity index (χ3v) is 7.28. The first-order chi connectivity index (χ1) is 17.2. The molecule has 7 nitrogen and oxygen atoms in total. The van der Waals surface area contributed by atoms with Gasteiger partial charge in [-0.1, -0.05) is 29.0 Å². The van der Waals surface area contributed by atoms with Gasteiger partial charge in [-0.2, -0.15) is 0 Å². The van der Waals surface area contributed by atoms with Gasteiger partial charge in [0.05, 0.1) is 39.5 Å². The van der Waals surface area contributed by atoms with Gasteiger partial charge in [0.1, 0.15) is 17.3 Å². The van der Waals surface area contributed by atoms with E-state index in [1.807, 2.05) is 19.9 Å². The number of aliphatic hydroxyl groups excluding tert-OH is 1. The number of ketones is 1. The molecule has 0 bridgehead atoms. The second-order valence-electron chi connectivity index (χ2n) is 8.34. The summed E-state index contributed by atoms with van der Waals surface area (Å²) < 4.78 is 20.0. The van der Waals surface area contributed by atoms with Gasteiger partial charge in [-0.3, -0.25) is 19.5 Å². The number of thiazole rings is 1. The SMILES string of the molecule is COc1c(C)cc(C)cc1/C(O)=C1\C(=O)C(=O)N(c2nc3cc(Cl)c(F)cc3s2)C1c1ccncc1. The number of fused-ring (bicyclic) bond motifs is 1. The van der Waals surface area contributed by atoms with Crippen LogP contribution in [0, 0.1) is 19.7 Å². The van der Waals surface area contributed by atoms with Gasteiger partial charge in [-0.15, -0.1) is 0 Å². The maximum absolute atomic E-state index is 14.1. The Kier molecular flexibility index (Phi) is 5.97. The minimum absolute atomic E-state index is 0.103. The molecule has 5 rings (SSSR count). The number of benzene rings is 2.